The number of aromatic nitrogens is 2. The van der Waals surface area contributed by atoms with Gasteiger partial charge in [-0.15, -0.1) is 0 Å². The summed E-state index contributed by atoms with van der Waals surface area (Å²) in [5.41, 5.74) is -1.93. The van der Waals surface area contributed by atoms with Crippen LogP contribution in [-0.2, 0) is 4.79 Å². The highest BCUT2D eigenvalue weighted by Crippen LogP contribution is 2.19. The molecule has 1 aromatic rings. The molecule has 1 heterocycles. The number of rotatable bonds is 4. The molecule has 96 valence electrons. The number of aromatic amines is 1. The van der Waals surface area contributed by atoms with Crippen molar-refractivity contribution < 1.29 is 9.90 Å². The van der Waals surface area contributed by atoms with Crippen LogP contribution in [-0.4, -0.2) is 20.6 Å². The molecule has 1 aromatic heterocycles. The lowest BCUT2D eigenvalue weighted by Gasteiger charge is -2.20. The zero-order valence-electron chi connectivity index (χ0n) is 10.0. The highest BCUT2D eigenvalue weighted by atomic mass is 16.4. The van der Waals surface area contributed by atoms with Crippen molar-refractivity contribution in [2.24, 2.45) is 5.92 Å². The lowest BCUT2D eigenvalue weighted by atomic mass is 9.99. The largest absolute Gasteiger partial charge is 0.480 e. The van der Waals surface area contributed by atoms with E-state index in [1.165, 1.54) is 0 Å². The normalized spacial score (nSPS) is 13.6. The Morgan fingerprint density at radius 3 is 2.67 bits per heavy atom. The lowest BCUT2D eigenvalue weighted by Crippen LogP contribution is -2.38. The smallest absolute Gasteiger partial charge is 0.329 e. The maximum Gasteiger partial charge on any atom is 0.329 e. The van der Waals surface area contributed by atoms with Crippen LogP contribution in [0.3, 0.4) is 0 Å². The molecule has 0 saturated carbocycles. The van der Waals surface area contributed by atoms with Gasteiger partial charge in [0.25, 0.3) is 5.56 Å². The van der Waals surface area contributed by atoms with Crippen LogP contribution < -0.4 is 11.2 Å². The first kappa shape index (κ1) is 13.7. The molecule has 0 radical (unpaired) electrons. The fourth-order valence-corrected chi connectivity index (χ4v) is 1.63. The highest BCUT2D eigenvalue weighted by Gasteiger charge is 2.27. The number of nitrogens with one attached hydrogen (secondary N) is 1. The van der Waals surface area contributed by atoms with Gasteiger partial charge in [0.1, 0.15) is 17.7 Å². The van der Waals surface area contributed by atoms with Crippen molar-refractivity contribution in [3.05, 3.63) is 32.6 Å². The Morgan fingerprint density at radius 2 is 2.22 bits per heavy atom. The summed E-state index contributed by atoms with van der Waals surface area (Å²) in [5.74, 6) is -1.49. The minimum Gasteiger partial charge on any atom is -0.480 e. The predicted octanol–water partition coefficient (Wildman–Crippen LogP) is 0.0801. The molecular formula is C11H13N3O4. The van der Waals surface area contributed by atoms with Crippen LogP contribution in [0.5, 0.6) is 0 Å². The van der Waals surface area contributed by atoms with E-state index in [0.717, 1.165) is 10.8 Å². The monoisotopic (exact) mass is 251 g/mol. The van der Waals surface area contributed by atoms with Gasteiger partial charge in [0.05, 0.1) is 0 Å². The van der Waals surface area contributed by atoms with Gasteiger partial charge in [-0.2, -0.15) is 5.26 Å². The molecule has 0 saturated heterocycles. The molecule has 0 spiro atoms. The number of carbonyl (C=O) groups is 1. The standard InChI is InChI=1S/C11H13N3O4/c1-3-6(2)8(10(16)17)14-5-7(4-12)9(15)13-11(14)18/h5-6,8H,3H2,1-2H3,(H,16,17)(H,13,15,18)/t6-,8-/m1/s1. The molecule has 2 N–H and O–H groups in total. The Bertz CT molecular complexity index is 608. The van der Waals surface area contributed by atoms with Gasteiger partial charge in [-0.25, -0.2) is 9.59 Å². The third-order valence-corrected chi connectivity index (χ3v) is 2.82. The number of aliphatic carboxylic acids is 1. The summed E-state index contributed by atoms with van der Waals surface area (Å²) in [6.07, 6.45) is 1.54. The van der Waals surface area contributed by atoms with Crippen molar-refractivity contribution >= 4 is 5.97 Å². The molecule has 0 bridgehead atoms. The summed E-state index contributed by atoms with van der Waals surface area (Å²) in [5, 5.41) is 17.9. The van der Waals surface area contributed by atoms with E-state index in [-0.39, 0.29) is 11.5 Å². The van der Waals surface area contributed by atoms with Gasteiger partial charge < -0.3 is 5.11 Å². The summed E-state index contributed by atoms with van der Waals surface area (Å²) in [6, 6.07) is 0.512. The molecule has 0 aromatic carbocycles. The third-order valence-electron chi connectivity index (χ3n) is 2.82. The predicted molar refractivity (Wildman–Crippen MR) is 62.2 cm³/mol. The van der Waals surface area contributed by atoms with E-state index < -0.39 is 23.3 Å². The van der Waals surface area contributed by atoms with E-state index >= 15 is 0 Å². The fraction of sp³-hybridized carbons (Fsp3) is 0.455. The van der Waals surface area contributed by atoms with E-state index in [1.807, 2.05) is 4.98 Å². The van der Waals surface area contributed by atoms with E-state index in [0.29, 0.717) is 6.42 Å². The molecule has 7 nitrogen and oxygen atoms in total. The quantitative estimate of drug-likeness (QED) is 0.786. The molecule has 0 fully saturated rings. The molecule has 0 amide bonds. The van der Waals surface area contributed by atoms with Gasteiger partial charge in [-0.1, -0.05) is 20.3 Å². The zero-order chi connectivity index (χ0) is 13.9. The number of nitriles is 1. The van der Waals surface area contributed by atoms with Crippen LogP contribution in [0, 0.1) is 17.2 Å². The van der Waals surface area contributed by atoms with Gasteiger partial charge in [-0.3, -0.25) is 14.3 Å². The highest BCUT2D eigenvalue weighted by molar-refractivity contribution is 5.72. The zero-order valence-corrected chi connectivity index (χ0v) is 10.0. The van der Waals surface area contributed by atoms with Crippen molar-refractivity contribution in [3.63, 3.8) is 0 Å². The molecule has 1 rings (SSSR count). The van der Waals surface area contributed by atoms with Gasteiger partial charge >= 0.3 is 11.7 Å². The number of H-pyrrole nitrogens is 1. The Balaban J connectivity index is 3.48. The molecule has 18 heavy (non-hydrogen) atoms. The van der Waals surface area contributed by atoms with Crippen LogP contribution in [0.2, 0.25) is 0 Å². The van der Waals surface area contributed by atoms with E-state index in [1.54, 1.807) is 19.9 Å². The van der Waals surface area contributed by atoms with Crippen LogP contribution >= 0.6 is 0 Å². The molecule has 0 aliphatic carbocycles. The van der Waals surface area contributed by atoms with E-state index in [2.05, 4.69) is 0 Å². The SMILES string of the molecule is CC[C@@H](C)[C@H](C(=O)O)n1cc(C#N)c(=O)[nH]c1=O. The average Bonchev–Trinajstić information content (AvgIpc) is 2.31. The summed E-state index contributed by atoms with van der Waals surface area (Å²) >= 11 is 0. The number of carboxylic acids is 1. The van der Waals surface area contributed by atoms with Gasteiger partial charge in [0.15, 0.2) is 0 Å². The summed E-state index contributed by atoms with van der Waals surface area (Å²) in [6.45, 7) is 3.48. The van der Waals surface area contributed by atoms with Crippen LogP contribution in [0.25, 0.3) is 0 Å². The fourth-order valence-electron chi connectivity index (χ4n) is 1.63. The number of hydrogen-bond acceptors (Lipinski definition) is 4. The second-order valence-electron chi connectivity index (χ2n) is 3.99. The minimum atomic E-state index is -1.18. The van der Waals surface area contributed by atoms with Crippen molar-refractivity contribution in [1.82, 2.24) is 9.55 Å². The second-order valence-corrected chi connectivity index (χ2v) is 3.99. The van der Waals surface area contributed by atoms with E-state index in [9.17, 15) is 14.4 Å². The third kappa shape index (κ3) is 2.48. The Hall–Kier alpha value is -2.36. The molecular weight excluding hydrogens is 238 g/mol. The summed E-state index contributed by atoms with van der Waals surface area (Å²) in [4.78, 5) is 36.0. The van der Waals surface area contributed by atoms with Crippen molar-refractivity contribution in [2.45, 2.75) is 26.3 Å². The van der Waals surface area contributed by atoms with Gasteiger partial charge in [0.2, 0.25) is 0 Å². The van der Waals surface area contributed by atoms with Crippen molar-refractivity contribution in [1.29, 1.82) is 5.26 Å². The van der Waals surface area contributed by atoms with Crippen LogP contribution in [0.1, 0.15) is 31.9 Å². The molecule has 0 unspecified atom stereocenters. The first-order chi connectivity index (χ1) is 8.42. The Kier molecular flexibility index (Phi) is 4.05. The topological polar surface area (TPSA) is 116 Å². The lowest BCUT2D eigenvalue weighted by molar-refractivity contribution is -0.142. The first-order valence-electron chi connectivity index (χ1n) is 5.40. The Labute approximate surface area is 102 Å². The van der Waals surface area contributed by atoms with E-state index in [4.69, 9.17) is 10.4 Å². The first-order valence-corrected chi connectivity index (χ1v) is 5.40. The van der Waals surface area contributed by atoms with Crippen molar-refractivity contribution in [2.75, 3.05) is 0 Å². The number of carboxylic acid groups (broad SMARTS) is 1. The maximum atomic E-state index is 11.6. The van der Waals surface area contributed by atoms with Gasteiger partial charge in [-0.05, 0) is 5.92 Å². The van der Waals surface area contributed by atoms with Crippen LogP contribution in [0.4, 0.5) is 0 Å². The van der Waals surface area contributed by atoms with Crippen LogP contribution in [0.15, 0.2) is 15.8 Å². The molecule has 2 atom stereocenters. The van der Waals surface area contributed by atoms with Crippen molar-refractivity contribution in [3.8, 4) is 6.07 Å². The molecule has 0 aliphatic rings. The minimum absolute atomic E-state index is 0.288. The maximum absolute atomic E-state index is 11.6. The number of hydrogen-bond donors (Lipinski definition) is 2. The average molecular weight is 251 g/mol. The second kappa shape index (κ2) is 5.31. The van der Waals surface area contributed by atoms with Gasteiger partial charge in [0, 0.05) is 6.20 Å². The Morgan fingerprint density at radius 1 is 1.61 bits per heavy atom. The number of nitrogens with zero attached hydrogens (tertiary/aromatic N) is 2. The summed E-state index contributed by atoms with van der Waals surface area (Å²) < 4.78 is 0.885. The molecule has 7 heteroatoms. The summed E-state index contributed by atoms with van der Waals surface area (Å²) in [7, 11) is 0. The molecule has 0 aliphatic heterocycles.